The minimum Gasteiger partial charge on any atom is -0.491 e. The summed E-state index contributed by atoms with van der Waals surface area (Å²) in [6, 6.07) is 7.88. The van der Waals surface area contributed by atoms with Crippen molar-refractivity contribution in [1.82, 2.24) is 0 Å². The zero-order valence-corrected chi connectivity index (χ0v) is 11.2. The Morgan fingerprint density at radius 3 is 2.29 bits per heavy atom. The summed E-state index contributed by atoms with van der Waals surface area (Å²) in [5.41, 5.74) is 0.429. The molecular formula is C14H23NO2. The van der Waals surface area contributed by atoms with Crippen LogP contribution in [0.5, 0.6) is 5.75 Å². The second kappa shape index (κ2) is 5.92. The Labute approximate surface area is 104 Å². The Morgan fingerprint density at radius 2 is 1.82 bits per heavy atom. The van der Waals surface area contributed by atoms with Gasteiger partial charge in [-0.2, -0.15) is 0 Å². The van der Waals surface area contributed by atoms with Gasteiger partial charge >= 0.3 is 0 Å². The number of nitrogens with one attached hydrogen (secondary N) is 1. The van der Waals surface area contributed by atoms with Crippen molar-refractivity contribution >= 4 is 5.69 Å². The van der Waals surface area contributed by atoms with Gasteiger partial charge in [0.1, 0.15) is 5.75 Å². The molecule has 0 radical (unpaired) electrons. The van der Waals surface area contributed by atoms with Crippen molar-refractivity contribution in [3.05, 3.63) is 24.3 Å². The number of ether oxygens (including phenoxy) is 1. The van der Waals surface area contributed by atoms with E-state index >= 15 is 0 Å². The molecular weight excluding hydrogens is 214 g/mol. The van der Waals surface area contributed by atoms with E-state index in [0.717, 1.165) is 24.4 Å². The standard InChI is InChI=1S/C14H23NO2/c1-11(2)17-13-7-5-12(6-8-13)15-10-9-14(3,4)16/h5-8,11,15-16H,9-10H2,1-4H3. The molecule has 0 unspecified atom stereocenters. The predicted molar refractivity (Wildman–Crippen MR) is 71.6 cm³/mol. The van der Waals surface area contributed by atoms with Gasteiger partial charge < -0.3 is 15.2 Å². The smallest absolute Gasteiger partial charge is 0.119 e. The highest BCUT2D eigenvalue weighted by Gasteiger charge is 2.11. The van der Waals surface area contributed by atoms with Crippen molar-refractivity contribution in [3.8, 4) is 5.75 Å². The van der Waals surface area contributed by atoms with E-state index in [1.54, 1.807) is 0 Å². The van der Waals surface area contributed by atoms with Gasteiger partial charge in [-0.1, -0.05) is 0 Å². The molecule has 0 amide bonds. The maximum absolute atomic E-state index is 9.58. The highest BCUT2D eigenvalue weighted by molar-refractivity contribution is 5.46. The van der Waals surface area contributed by atoms with Crippen LogP contribution in [0.2, 0.25) is 0 Å². The van der Waals surface area contributed by atoms with Gasteiger partial charge in [0, 0.05) is 12.2 Å². The van der Waals surface area contributed by atoms with Crippen LogP contribution in [0.15, 0.2) is 24.3 Å². The Balaban J connectivity index is 2.40. The molecule has 0 atom stereocenters. The fourth-order valence-electron chi connectivity index (χ4n) is 1.44. The molecule has 17 heavy (non-hydrogen) atoms. The number of hydrogen-bond donors (Lipinski definition) is 2. The summed E-state index contributed by atoms with van der Waals surface area (Å²) >= 11 is 0. The number of benzene rings is 1. The number of rotatable bonds is 6. The molecule has 0 aromatic heterocycles. The van der Waals surface area contributed by atoms with Crippen molar-refractivity contribution in [3.63, 3.8) is 0 Å². The van der Waals surface area contributed by atoms with E-state index in [-0.39, 0.29) is 6.10 Å². The lowest BCUT2D eigenvalue weighted by Crippen LogP contribution is -2.22. The molecule has 1 rings (SSSR count). The predicted octanol–water partition coefficient (Wildman–Crippen LogP) is 3.05. The van der Waals surface area contributed by atoms with E-state index in [9.17, 15) is 5.11 Å². The first-order valence-corrected chi connectivity index (χ1v) is 6.10. The lowest BCUT2D eigenvalue weighted by Gasteiger charge is -2.17. The lowest BCUT2D eigenvalue weighted by molar-refractivity contribution is 0.0749. The molecule has 0 saturated carbocycles. The lowest BCUT2D eigenvalue weighted by atomic mass is 10.1. The summed E-state index contributed by atoms with van der Waals surface area (Å²) in [5, 5.41) is 12.8. The van der Waals surface area contributed by atoms with Gasteiger partial charge in [0.25, 0.3) is 0 Å². The van der Waals surface area contributed by atoms with Gasteiger partial charge in [0.2, 0.25) is 0 Å². The van der Waals surface area contributed by atoms with Gasteiger partial charge in [0.15, 0.2) is 0 Å². The highest BCUT2D eigenvalue weighted by atomic mass is 16.5. The van der Waals surface area contributed by atoms with Crippen molar-refractivity contribution < 1.29 is 9.84 Å². The zero-order valence-electron chi connectivity index (χ0n) is 11.2. The number of aliphatic hydroxyl groups is 1. The molecule has 0 fully saturated rings. The Morgan fingerprint density at radius 1 is 1.24 bits per heavy atom. The van der Waals surface area contributed by atoms with E-state index in [2.05, 4.69) is 5.32 Å². The van der Waals surface area contributed by atoms with Gasteiger partial charge in [-0.3, -0.25) is 0 Å². The summed E-state index contributed by atoms with van der Waals surface area (Å²) < 4.78 is 5.56. The SMILES string of the molecule is CC(C)Oc1ccc(NCCC(C)(C)O)cc1. The molecule has 0 saturated heterocycles. The second-order valence-corrected chi connectivity index (χ2v) is 5.18. The first-order valence-electron chi connectivity index (χ1n) is 6.10. The van der Waals surface area contributed by atoms with Crippen LogP contribution in [0, 0.1) is 0 Å². The monoisotopic (exact) mass is 237 g/mol. The van der Waals surface area contributed by atoms with Crippen molar-refractivity contribution in [1.29, 1.82) is 0 Å². The molecule has 0 heterocycles. The van der Waals surface area contributed by atoms with Crippen molar-refractivity contribution in [2.45, 2.75) is 45.8 Å². The minimum absolute atomic E-state index is 0.198. The summed E-state index contributed by atoms with van der Waals surface area (Å²) in [6.07, 6.45) is 0.918. The third-order valence-electron chi connectivity index (χ3n) is 2.29. The van der Waals surface area contributed by atoms with Crippen LogP contribution in [0.4, 0.5) is 5.69 Å². The molecule has 1 aromatic rings. The fourth-order valence-corrected chi connectivity index (χ4v) is 1.44. The fraction of sp³-hybridized carbons (Fsp3) is 0.571. The third-order valence-corrected chi connectivity index (χ3v) is 2.29. The molecule has 2 N–H and O–H groups in total. The topological polar surface area (TPSA) is 41.5 Å². The van der Waals surface area contributed by atoms with E-state index in [1.807, 2.05) is 52.0 Å². The van der Waals surface area contributed by atoms with Crippen LogP contribution >= 0.6 is 0 Å². The molecule has 0 bridgehead atoms. The van der Waals surface area contributed by atoms with Gasteiger partial charge in [-0.15, -0.1) is 0 Å². The summed E-state index contributed by atoms with van der Waals surface area (Å²) in [4.78, 5) is 0. The van der Waals surface area contributed by atoms with Crippen LogP contribution < -0.4 is 10.1 Å². The summed E-state index contributed by atoms with van der Waals surface area (Å²) in [6.45, 7) is 8.40. The Kier molecular flexibility index (Phi) is 4.82. The van der Waals surface area contributed by atoms with E-state index in [0.29, 0.717) is 0 Å². The van der Waals surface area contributed by atoms with Crippen molar-refractivity contribution in [2.75, 3.05) is 11.9 Å². The maximum atomic E-state index is 9.58. The molecule has 0 aliphatic carbocycles. The van der Waals surface area contributed by atoms with Crippen LogP contribution in [0.25, 0.3) is 0 Å². The van der Waals surface area contributed by atoms with Crippen molar-refractivity contribution in [2.24, 2.45) is 0 Å². The quantitative estimate of drug-likeness (QED) is 0.799. The Bertz CT molecular complexity index is 325. The number of anilines is 1. The number of hydrogen-bond acceptors (Lipinski definition) is 3. The molecule has 3 heteroatoms. The normalized spacial score (nSPS) is 11.6. The molecule has 1 aromatic carbocycles. The Hall–Kier alpha value is -1.22. The molecule has 0 aliphatic heterocycles. The third kappa shape index (κ3) is 6.17. The van der Waals surface area contributed by atoms with Crippen LogP contribution in [0.1, 0.15) is 34.1 Å². The molecule has 0 spiro atoms. The van der Waals surface area contributed by atoms with Gasteiger partial charge in [0.05, 0.1) is 11.7 Å². The molecule has 0 aliphatic rings. The average Bonchev–Trinajstić information content (AvgIpc) is 2.18. The maximum Gasteiger partial charge on any atom is 0.119 e. The molecule has 3 nitrogen and oxygen atoms in total. The molecule has 96 valence electrons. The largest absolute Gasteiger partial charge is 0.491 e. The van der Waals surface area contributed by atoms with Crippen LogP contribution in [-0.4, -0.2) is 23.4 Å². The summed E-state index contributed by atoms with van der Waals surface area (Å²) in [7, 11) is 0. The second-order valence-electron chi connectivity index (χ2n) is 5.18. The first kappa shape index (κ1) is 13.8. The minimum atomic E-state index is -0.617. The van der Waals surface area contributed by atoms with Crippen LogP contribution in [0.3, 0.4) is 0 Å². The van der Waals surface area contributed by atoms with E-state index < -0.39 is 5.60 Å². The van der Waals surface area contributed by atoms with Gasteiger partial charge in [-0.05, 0) is 58.4 Å². The average molecular weight is 237 g/mol. The highest BCUT2D eigenvalue weighted by Crippen LogP contribution is 2.17. The van der Waals surface area contributed by atoms with E-state index in [4.69, 9.17) is 4.74 Å². The van der Waals surface area contributed by atoms with Crippen LogP contribution in [-0.2, 0) is 0 Å². The zero-order chi connectivity index (χ0) is 12.9. The van der Waals surface area contributed by atoms with Gasteiger partial charge in [-0.25, -0.2) is 0 Å². The van der Waals surface area contributed by atoms with E-state index in [1.165, 1.54) is 0 Å². The first-order chi connectivity index (χ1) is 7.87. The summed E-state index contributed by atoms with van der Waals surface area (Å²) in [5.74, 6) is 0.882.